The Bertz CT molecular complexity index is 581. The fraction of sp³-hybridized carbons (Fsp3) is 0.250. The predicted octanol–water partition coefficient (Wildman–Crippen LogP) is 4.00. The van der Waals surface area contributed by atoms with E-state index in [4.69, 9.17) is 11.6 Å². The topological polar surface area (TPSA) is 42.0 Å². The summed E-state index contributed by atoms with van der Waals surface area (Å²) in [6.07, 6.45) is 2.19. The van der Waals surface area contributed by atoms with E-state index in [-0.39, 0.29) is 5.91 Å². The molecule has 1 aromatic carbocycles. The van der Waals surface area contributed by atoms with Crippen LogP contribution in [0, 0.1) is 6.92 Å². The number of hydrogen-bond donors (Lipinski definition) is 1. The van der Waals surface area contributed by atoms with Crippen LogP contribution in [-0.2, 0) is 11.2 Å². The van der Waals surface area contributed by atoms with Gasteiger partial charge in [-0.1, -0.05) is 47.5 Å². The summed E-state index contributed by atoms with van der Waals surface area (Å²) >= 11 is 5.76. The molecule has 0 atom stereocenters. The number of carbonyl (C=O) groups excluding carboxylic acids is 1. The quantitative estimate of drug-likeness (QED) is 0.845. The van der Waals surface area contributed by atoms with Gasteiger partial charge in [-0.3, -0.25) is 4.79 Å². The van der Waals surface area contributed by atoms with Crippen molar-refractivity contribution in [1.29, 1.82) is 0 Å². The van der Waals surface area contributed by atoms with Crippen molar-refractivity contribution in [1.82, 2.24) is 4.98 Å². The van der Waals surface area contributed by atoms with E-state index < -0.39 is 0 Å². The number of aryl methyl sites for hydroxylation is 2. The van der Waals surface area contributed by atoms with Crippen LogP contribution in [0.5, 0.6) is 0 Å². The van der Waals surface area contributed by atoms with Crippen molar-refractivity contribution < 1.29 is 4.79 Å². The third-order valence-electron chi connectivity index (χ3n) is 2.97. The first-order valence-electron chi connectivity index (χ1n) is 6.61. The molecule has 1 amide bonds. The molecule has 0 bridgehead atoms. The van der Waals surface area contributed by atoms with Crippen LogP contribution >= 0.6 is 11.6 Å². The van der Waals surface area contributed by atoms with Gasteiger partial charge in [0.2, 0.25) is 5.91 Å². The Balaban J connectivity index is 1.76. The molecule has 0 aliphatic rings. The molecule has 0 spiro atoms. The first-order chi connectivity index (χ1) is 9.63. The van der Waals surface area contributed by atoms with E-state index in [9.17, 15) is 4.79 Å². The van der Waals surface area contributed by atoms with Crippen LogP contribution in [0.4, 0.5) is 5.82 Å². The van der Waals surface area contributed by atoms with Gasteiger partial charge < -0.3 is 5.32 Å². The smallest absolute Gasteiger partial charge is 0.225 e. The first-order valence-corrected chi connectivity index (χ1v) is 6.99. The average molecular weight is 289 g/mol. The van der Waals surface area contributed by atoms with Crippen LogP contribution in [0.3, 0.4) is 0 Å². The summed E-state index contributed by atoms with van der Waals surface area (Å²) in [6, 6.07) is 13.5. The van der Waals surface area contributed by atoms with Crippen molar-refractivity contribution >= 4 is 23.3 Å². The normalized spacial score (nSPS) is 10.3. The van der Waals surface area contributed by atoms with E-state index in [0.717, 1.165) is 12.8 Å². The van der Waals surface area contributed by atoms with Crippen molar-refractivity contribution in [3.8, 4) is 0 Å². The zero-order chi connectivity index (χ0) is 14.4. The molecule has 0 aliphatic heterocycles. The molecule has 0 radical (unpaired) electrons. The van der Waals surface area contributed by atoms with Crippen LogP contribution in [-0.4, -0.2) is 10.9 Å². The summed E-state index contributed by atoms with van der Waals surface area (Å²) in [5, 5.41) is 3.12. The highest BCUT2D eigenvalue weighted by Gasteiger charge is 2.04. The van der Waals surface area contributed by atoms with E-state index in [1.165, 1.54) is 11.1 Å². The van der Waals surface area contributed by atoms with Crippen molar-refractivity contribution in [2.45, 2.75) is 26.2 Å². The minimum atomic E-state index is -0.0353. The van der Waals surface area contributed by atoms with Crippen LogP contribution in [0.25, 0.3) is 0 Å². The molecule has 0 fully saturated rings. The Morgan fingerprint density at radius 1 is 1.20 bits per heavy atom. The summed E-state index contributed by atoms with van der Waals surface area (Å²) in [6.45, 7) is 2.06. The number of nitrogens with one attached hydrogen (secondary N) is 1. The van der Waals surface area contributed by atoms with Crippen LogP contribution in [0.2, 0.25) is 5.15 Å². The molecule has 1 heterocycles. The van der Waals surface area contributed by atoms with E-state index in [0.29, 0.717) is 17.4 Å². The number of hydrogen-bond acceptors (Lipinski definition) is 2. The van der Waals surface area contributed by atoms with Gasteiger partial charge in [0.25, 0.3) is 0 Å². The molecule has 20 heavy (non-hydrogen) atoms. The maximum atomic E-state index is 11.8. The fourth-order valence-corrected chi connectivity index (χ4v) is 2.05. The van der Waals surface area contributed by atoms with Gasteiger partial charge in [-0.25, -0.2) is 4.98 Å². The molecule has 1 aromatic heterocycles. The van der Waals surface area contributed by atoms with Crippen molar-refractivity contribution in [2.75, 3.05) is 5.32 Å². The highest BCUT2D eigenvalue weighted by atomic mass is 35.5. The summed E-state index contributed by atoms with van der Waals surface area (Å²) in [7, 11) is 0. The Labute approximate surface area is 124 Å². The van der Waals surface area contributed by atoms with E-state index in [1.807, 2.05) is 0 Å². The number of anilines is 1. The second kappa shape index (κ2) is 7.06. The predicted molar refractivity (Wildman–Crippen MR) is 82.0 cm³/mol. The zero-order valence-corrected chi connectivity index (χ0v) is 12.2. The number of halogens is 1. The minimum Gasteiger partial charge on any atom is -0.311 e. The SMILES string of the molecule is Cc1ccc(CCCC(=O)Nc2cccc(Cl)n2)cc1. The van der Waals surface area contributed by atoms with Crippen LogP contribution in [0.1, 0.15) is 24.0 Å². The van der Waals surface area contributed by atoms with Gasteiger partial charge in [-0.2, -0.15) is 0 Å². The minimum absolute atomic E-state index is 0.0353. The molecular weight excluding hydrogens is 272 g/mol. The average Bonchev–Trinajstić information content (AvgIpc) is 2.41. The lowest BCUT2D eigenvalue weighted by atomic mass is 10.1. The number of nitrogens with zero attached hydrogens (tertiary/aromatic N) is 1. The fourth-order valence-electron chi connectivity index (χ4n) is 1.89. The van der Waals surface area contributed by atoms with Crippen molar-refractivity contribution in [3.05, 3.63) is 58.7 Å². The summed E-state index contributed by atoms with van der Waals surface area (Å²) in [5.74, 6) is 0.463. The molecular formula is C16H17ClN2O. The van der Waals surface area contributed by atoms with Gasteiger partial charge in [0.05, 0.1) is 0 Å². The zero-order valence-electron chi connectivity index (χ0n) is 11.4. The number of benzene rings is 1. The molecule has 0 aliphatic carbocycles. The van der Waals surface area contributed by atoms with Gasteiger partial charge in [0.1, 0.15) is 11.0 Å². The van der Waals surface area contributed by atoms with E-state index >= 15 is 0 Å². The maximum Gasteiger partial charge on any atom is 0.225 e. The molecule has 4 heteroatoms. The lowest BCUT2D eigenvalue weighted by Crippen LogP contribution is -2.12. The third-order valence-corrected chi connectivity index (χ3v) is 3.18. The Morgan fingerprint density at radius 2 is 1.95 bits per heavy atom. The molecule has 1 N–H and O–H groups in total. The highest BCUT2D eigenvalue weighted by Crippen LogP contribution is 2.11. The number of amides is 1. The van der Waals surface area contributed by atoms with E-state index in [2.05, 4.69) is 41.5 Å². The number of aromatic nitrogens is 1. The number of pyridine rings is 1. The Hall–Kier alpha value is -1.87. The van der Waals surface area contributed by atoms with Gasteiger partial charge in [0.15, 0.2) is 0 Å². The second-order valence-corrected chi connectivity index (χ2v) is 5.12. The van der Waals surface area contributed by atoms with Crippen molar-refractivity contribution in [2.24, 2.45) is 0 Å². The number of rotatable bonds is 5. The Kier molecular flexibility index (Phi) is 5.13. The van der Waals surface area contributed by atoms with Crippen LogP contribution < -0.4 is 5.32 Å². The Morgan fingerprint density at radius 3 is 2.65 bits per heavy atom. The van der Waals surface area contributed by atoms with Gasteiger partial charge >= 0.3 is 0 Å². The monoisotopic (exact) mass is 288 g/mol. The second-order valence-electron chi connectivity index (χ2n) is 4.73. The van der Waals surface area contributed by atoms with Gasteiger partial charge in [0, 0.05) is 6.42 Å². The highest BCUT2D eigenvalue weighted by molar-refractivity contribution is 6.29. The molecule has 0 unspecified atom stereocenters. The maximum absolute atomic E-state index is 11.8. The number of carbonyl (C=O) groups is 1. The summed E-state index contributed by atoms with van der Waals surface area (Å²) < 4.78 is 0. The molecule has 104 valence electrons. The molecule has 0 saturated carbocycles. The summed E-state index contributed by atoms with van der Waals surface area (Å²) in [5.41, 5.74) is 2.50. The third kappa shape index (κ3) is 4.67. The van der Waals surface area contributed by atoms with E-state index in [1.54, 1.807) is 18.2 Å². The lowest BCUT2D eigenvalue weighted by Gasteiger charge is -2.05. The molecule has 2 aromatic rings. The molecule has 0 saturated heterocycles. The standard InChI is InChI=1S/C16H17ClN2O/c1-12-8-10-13(11-9-12)4-2-7-16(20)19-15-6-3-5-14(17)18-15/h3,5-6,8-11H,2,4,7H2,1H3,(H,18,19,20). The molecule has 2 rings (SSSR count). The first kappa shape index (κ1) is 14.5. The van der Waals surface area contributed by atoms with Crippen LogP contribution in [0.15, 0.2) is 42.5 Å². The van der Waals surface area contributed by atoms with Gasteiger partial charge in [-0.15, -0.1) is 0 Å². The lowest BCUT2D eigenvalue weighted by molar-refractivity contribution is -0.116. The molecule has 3 nitrogen and oxygen atoms in total. The summed E-state index contributed by atoms with van der Waals surface area (Å²) in [4.78, 5) is 15.8. The largest absolute Gasteiger partial charge is 0.311 e. The van der Waals surface area contributed by atoms with Gasteiger partial charge in [-0.05, 0) is 37.5 Å². The van der Waals surface area contributed by atoms with Crippen molar-refractivity contribution in [3.63, 3.8) is 0 Å².